The molecule has 48 heavy (non-hydrogen) atoms. The molecule has 0 saturated carbocycles. The maximum atomic E-state index is 2.39. The van der Waals surface area contributed by atoms with Crippen molar-refractivity contribution in [3.8, 4) is 0 Å². The van der Waals surface area contributed by atoms with Crippen LogP contribution in [0.1, 0.15) is 44.5 Å². The Morgan fingerprint density at radius 1 is 0.229 bits per heavy atom. The zero-order chi connectivity index (χ0) is 32.1. The summed E-state index contributed by atoms with van der Waals surface area (Å²) in [5, 5.41) is 7.64. The molecule has 0 aliphatic rings. The quantitative estimate of drug-likeness (QED) is 0.119. The molecule has 8 rings (SSSR count). The van der Waals surface area contributed by atoms with Gasteiger partial charge in [0.15, 0.2) is 0 Å². The lowest BCUT2D eigenvalue weighted by Crippen LogP contribution is -1.93. The minimum absolute atomic E-state index is 1.18. The lowest BCUT2D eigenvalue weighted by molar-refractivity contribution is 1.65. The van der Waals surface area contributed by atoms with E-state index in [1.54, 1.807) is 0 Å². The van der Waals surface area contributed by atoms with Gasteiger partial charge in [-0.15, -0.1) is 0 Å². The van der Waals surface area contributed by atoms with Gasteiger partial charge in [-0.05, 0) is 89.0 Å². The molecule has 0 amide bonds. The van der Waals surface area contributed by atoms with Gasteiger partial charge in [0.05, 0.1) is 0 Å². The monoisotopic (exact) mass is 610 g/mol. The van der Waals surface area contributed by atoms with E-state index < -0.39 is 0 Å². The molecule has 0 bridgehead atoms. The van der Waals surface area contributed by atoms with E-state index in [4.69, 9.17) is 0 Å². The van der Waals surface area contributed by atoms with E-state index in [0.29, 0.717) is 0 Å². The molecule has 0 heterocycles. The minimum atomic E-state index is 1.18. The fourth-order valence-electron chi connectivity index (χ4n) is 6.65. The SMILES string of the molecule is C(=C\c1ccc2c(/C=C/c3ccccc3)cc3c(/C=C/c4ccccc4)cc(/C=C/c4ccccc4)c4ccc1c2c43)/c1ccccc1. The van der Waals surface area contributed by atoms with Gasteiger partial charge in [-0.25, -0.2) is 0 Å². The molecule has 0 aliphatic carbocycles. The van der Waals surface area contributed by atoms with Crippen LogP contribution < -0.4 is 0 Å². The molecule has 0 unspecified atom stereocenters. The van der Waals surface area contributed by atoms with E-state index in [9.17, 15) is 0 Å². The number of hydrogen-bond donors (Lipinski definition) is 0. The van der Waals surface area contributed by atoms with Crippen LogP contribution in [0.25, 0.3) is 80.9 Å². The van der Waals surface area contributed by atoms with E-state index in [1.165, 1.54) is 76.8 Å². The van der Waals surface area contributed by atoms with Gasteiger partial charge < -0.3 is 0 Å². The molecule has 0 saturated heterocycles. The molecule has 0 aromatic heterocycles. The molecule has 8 aromatic carbocycles. The van der Waals surface area contributed by atoms with E-state index in [1.807, 2.05) is 0 Å². The van der Waals surface area contributed by atoms with Gasteiger partial charge in [-0.1, -0.05) is 194 Å². The van der Waals surface area contributed by atoms with Crippen LogP contribution in [-0.4, -0.2) is 0 Å². The number of rotatable bonds is 8. The molecule has 0 N–H and O–H groups in total. The third-order valence-corrected chi connectivity index (χ3v) is 9.05. The third-order valence-electron chi connectivity index (χ3n) is 9.05. The van der Waals surface area contributed by atoms with E-state index in [-0.39, 0.29) is 0 Å². The Bertz CT molecular complexity index is 2420. The molecule has 0 radical (unpaired) electrons. The maximum Gasteiger partial charge on any atom is -0.00141 e. The summed E-state index contributed by atoms with van der Waals surface area (Å²) in [6.45, 7) is 0. The Labute approximate surface area is 282 Å². The van der Waals surface area contributed by atoms with Crippen LogP contribution in [0.3, 0.4) is 0 Å². The molecular formula is C48H34. The largest absolute Gasteiger partial charge is 0.0622 e. The van der Waals surface area contributed by atoms with Gasteiger partial charge in [0, 0.05) is 0 Å². The Balaban J connectivity index is 1.41. The summed E-state index contributed by atoms with van der Waals surface area (Å²) in [5.41, 5.74) is 9.58. The van der Waals surface area contributed by atoms with Crippen LogP contribution in [0.2, 0.25) is 0 Å². The van der Waals surface area contributed by atoms with Gasteiger partial charge >= 0.3 is 0 Å². The summed E-state index contributed by atoms with van der Waals surface area (Å²) in [6, 6.07) is 56.1. The van der Waals surface area contributed by atoms with Crippen molar-refractivity contribution in [2.24, 2.45) is 0 Å². The predicted molar refractivity (Wildman–Crippen MR) is 212 cm³/mol. The summed E-state index contributed by atoms with van der Waals surface area (Å²) in [5.74, 6) is 0. The Kier molecular flexibility index (Phi) is 8.05. The van der Waals surface area contributed by atoms with Crippen LogP contribution >= 0.6 is 0 Å². The first-order valence-electron chi connectivity index (χ1n) is 16.5. The average Bonchev–Trinajstić information content (AvgIpc) is 3.16. The molecule has 0 heteroatoms. The van der Waals surface area contributed by atoms with Crippen LogP contribution in [0.5, 0.6) is 0 Å². The lowest BCUT2D eigenvalue weighted by Gasteiger charge is -2.18. The first kappa shape index (κ1) is 29.2. The second-order valence-electron chi connectivity index (χ2n) is 12.2. The molecule has 0 fully saturated rings. The summed E-state index contributed by atoms with van der Waals surface area (Å²) in [6.07, 6.45) is 18.0. The normalized spacial score (nSPS) is 12.2. The smallest absolute Gasteiger partial charge is 0.00141 e. The topological polar surface area (TPSA) is 0 Å². The van der Waals surface area contributed by atoms with Gasteiger partial charge in [0.1, 0.15) is 0 Å². The van der Waals surface area contributed by atoms with Crippen LogP contribution in [0.4, 0.5) is 0 Å². The number of benzene rings is 8. The molecule has 0 spiro atoms. The van der Waals surface area contributed by atoms with E-state index in [0.717, 1.165) is 0 Å². The summed E-state index contributed by atoms with van der Waals surface area (Å²) >= 11 is 0. The van der Waals surface area contributed by atoms with Gasteiger partial charge in [0.2, 0.25) is 0 Å². The van der Waals surface area contributed by atoms with Crippen molar-refractivity contribution < 1.29 is 0 Å². The Morgan fingerprint density at radius 3 is 0.979 bits per heavy atom. The minimum Gasteiger partial charge on any atom is -0.0622 e. The Morgan fingerprint density at radius 2 is 0.542 bits per heavy atom. The average molecular weight is 611 g/mol. The third kappa shape index (κ3) is 6.00. The highest BCUT2D eigenvalue weighted by molar-refractivity contribution is 6.28. The van der Waals surface area contributed by atoms with Crippen molar-refractivity contribution in [3.05, 3.63) is 202 Å². The van der Waals surface area contributed by atoms with Crippen molar-refractivity contribution in [2.45, 2.75) is 0 Å². The van der Waals surface area contributed by atoms with Crippen molar-refractivity contribution in [2.75, 3.05) is 0 Å². The molecule has 0 aliphatic heterocycles. The molecular weight excluding hydrogens is 577 g/mol. The standard InChI is InChI=1S/C48H34/c1-5-13-35(14-6-1)21-25-39-29-30-44-42(28-24-38-19-11-4-12-20-38)34-46-41(27-23-37-17-9-3-10-18-37)33-40(26-22-36-15-7-2-8-16-36)45-32-31-43(39)47(44)48(45)46/h1-34H/b25-21+,26-22+,27-23+,28-24+. The fraction of sp³-hybridized carbons (Fsp3) is 0. The van der Waals surface area contributed by atoms with Crippen LogP contribution in [0.15, 0.2) is 158 Å². The van der Waals surface area contributed by atoms with E-state index >= 15 is 0 Å². The van der Waals surface area contributed by atoms with Gasteiger partial charge in [-0.2, -0.15) is 0 Å². The highest BCUT2D eigenvalue weighted by atomic mass is 14.2. The highest BCUT2D eigenvalue weighted by Crippen LogP contribution is 2.42. The zero-order valence-electron chi connectivity index (χ0n) is 26.6. The first-order chi connectivity index (χ1) is 23.8. The molecule has 0 nitrogen and oxygen atoms in total. The summed E-state index contributed by atoms with van der Waals surface area (Å²) < 4.78 is 0. The van der Waals surface area contributed by atoms with Gasteiger partial charge in [-0.3, -0.25) is 0 Å². The maximum absolute atomic E-state index is 2.39. The number of hydrogen-bond acceptors (Lipinski definition) is 0. The Hall–Kier alpha value is -6.24. The van der Waals surface area contributed by atoms with E-state index in [2.05, 4.69) is 206 Å². The zero-order valence-corrected chi connectivity index (χ0v) is 26.6. The summed E-state index contributed by atoms with van der Waals surface area (Å²) in [4.78, 5) is 0. The molecule has 8 aromatic rings. The van der Waals surface area contributed by atoms with Crippen molar-refractivity contribution in [1.82, 2.24) is 0 Å². The molecule has 226 valence electrons. The summed E-state index contributed by atoms with van der Waals surface area (Å²) in [7, 11) is 0. The predicted octanol–water partition coefficient (Wildman–Crippen LogP) is 13.3. The first-order valence-corrected chi connectivity index (χ1v) is 16.5. The molecule has 0 atom stereocenters. The van der Waals surface area contributed by atoms with Crippen LogP contribution in [0, 0.1) is 0 Å². The van der Waals surface area contributed by atoms with Crippen molar-refractivity contribution in [3.63, 3.8) is 0 Å². The van der Waals surface area contributed by atoms with Gasteiger partial charge in [0.25, 0.3) is 0 Å². The van der Waals surface area contributed by atoms with Crippen molar-refractivity contribution in [1.29, 1.82) is 0 Å². The highest BCUT2D eigenvalue weighted by Gasteiger charge is 2.16. The fourth-order valence-corrected chi connectivity index (χ4v) is 6.65. The lowest BCUT2D eigenvalue weighted by atomic mass is 9.85. The van der Waals surface area contributed by atoms with Crippen LogP contribution in [-0.2, 0) is 0 Å². The second-order valence-corrected chi connectivity index (χ2v) is 12.2. The van der Waals surface area contributed by atoms with Crippen molar-refractivity contribution >= 4 is 80.9 Å². The second kappa shape index (κ2) is 13.2.